The lowest BCUT2D eigenvalue weighted by molar-refractivity contribution is 0.0600. The number of benzene rings is 2. The van der Waals surface area contributed by atoms with Crippen LogP contribution in [0, 0.1) is 6.92 Å². The Morgan fingerprint density at radius 1 is 1.21 bits per heavy atom. The molecule has 4 heteroatoms. The van der Waals surface area contributed by atoms with E-state index in [1.54, 1.807) is 6.07 Å². The minimum Gasteiger partial charge on any atom is -0.465 e. The summed E-state index contributed by atoms with van der Waals surface area (Å²) in [7, 11) is 1.39. The minimum absolute atomic E-state index is 0.00807. The molecule has 4 nitrogen and oxygen atoms in total. The van der Waals surface area contributed by atoms with Crippen LogP contribution in [0.4, 0.5) is 11.4 Å². The van der Waals surface area contributed by atoms with Crippen molar-refractivity contribution in [2.45, 2.75) is 46.6 Å². The summed E-state index contributed by atoms with van der Waals surface area (Å²) in [4.78, 5) is 19.0. The highest BCUT2D eigenvalue weighted by Gasteiger charge is 2.30. The molecule has 1 aliphatic rings. The molecule has 2 aromatic rings. The summed E-state index contributed by atoms with van der Waals surface area (Å²) in [5, 5.41) is 0. The zero-order valence-corrected chi connectivity index (χ0v) is 18.2. The fraction of sp³-hybridized carbons (Fsp3) is 0.360. The van der Waals surface area contributed by atoms with Gasteiger partial charge in [-0.2, -0.15) is 0 Å². The summed E-state index contributed by atoms with van der Waals surface area (Å²) in [5.74, 6) is -0.340. The summed E-state index contributed by atoms with van der Waals surface area (Å²) in [6.07, 6.45) is 5.31. The van der Waals surface area contributed by atoms with Crippen LogP contribution < -0.4 is 4.90 Å². The van der Waals surface area contributed by atoms with Crippen molar-refractivity contribution >= 4 is 29.1 Å². The van der Waals surface area contributed by atoms with E-state index >= 15 is 0 Å². The maximum Gasteiger partial charge on any atom is 0.338 e. The number of ether oxygens (including phenoxy) is 1. The third-order valence-electron chi connectivity index (χ3n) is 5.51. The van der Waals surface area contributed by atoms with E-state index in [-0.39, 0.29) is 11.5 Å². The fourth-order valence-electron chi connectivity index (χ4n) is 4.05. The van der Waals surface area contributed by atoms with Gasteiger partial charge in [0, 0.05) is 24.0 Å². The smallest absolute Gasteiger partial charge is 0.338 e. The Balaban J connectivity index is 1.96. The summed E-state index contributed by atoms with van der Waals surface area (Å²) in [6, 6.07) is 12.0. The number of esters is 1. The first-order valence-corrected chi connectivity index (χ1v) is 10.1. The Bertz CT molecular complexity index is 986. The molecule has 0 amide bonds. The summed E-state index contributed by atoms with van der Waals surface area (Å²) < 4.78 is 4.85. The average Bonchev–Trinajstić information content (AvgIpc) is 2.69. The van der Waals surface area contributed by atoms with Crippen LogP contribution in [0.2, 0.25) is 0 Å². The van der Waals surface area contributed by atoms with E-state index in [2.05, 4.69) is 61.9 Å². The summed E-state index contributed by atoms with van der Waals surface area (Å²) in [6.45, 7) is 11.8. The van der Waals surface area contributed by atoms with Gasteiger partial charge in [-0.3, -0.25) is 4.99 Å². The SMILES string of the molecule is CCCN1c2ccc(C=Nc3cccc(C(=O)OC)c3C)cc2C(C)=CC1(C)C. The molecular formula is C25H30N2O2. The topological polar surface area (TPSA) is 41.9 Å². The molecule has 0 spiro atoms. The average molecular weight is 391 g/mol. The number of aliphatic imine (C=N–C) groups is 1. The third-order valence-corrected chi connectivity index (χ3v) is 5.51. The van der Waals surface area contributed by atoms with Crippen molar-refractivity contribution in [2.75, 3.05) is 18.6 Å². The van der Waals surface area contributed by atoms with Gasteiger partial charge < -0.3 is 9.64 Å². The third kappa shape index (κ3) is 4.12. The van der Waals surface area contributed by atoms with Crippen LogP contribution in [-0.2, 0) is 4.74 Å². The van der Waals surface area contributed by atoms with Gasteiger partial charge >= 0.3 is 5.97 Å². The quantitative estimate of drug-likeness (QED) is 0.468. The van der Waals surface area contributed by atoms with Gasteiger partial charge in [0.1, 0.15) is 0 Å². The molecule has 0 aromatic heterocycles. The van der Waals surface area contributed by atoms with Crippen LogP contribution in [0.15, 0.2) is 47.5 Å². The number of carbonyl (C=O) groups is 1. The zero-order valence-electron chi connectivity index (χ0n) is 18.2. The molecule has 0 saturated heterocycles. The molecule has 0 N–H and O–H groups in total. The van der Waals surface area contributed by atoms with Gasteiger partial charge in [0.2, 0.25) is 0 Å². The molecule has 0 atom stereocenters. The first-order chi connectivity index (χ1) is 13.8. The van der Waals surface area contributed by atoms with Crippen molar-refractivity contribution in [3.8, 4) is 0 Å². The fourth-order valence-corrected chi connectivity index (χ4v) is 4.05. The summed E-state index contributed by atoms with van der Waals surface area (Å²) >= 11 is 0. The molecule has 2 aromatic carbocycles. The van der Waals surface area contributed by atoms with E-state index in [9.17, 15) is 4.79 Å². The Kier molecular flexibility index (Phi) is 5.92. The standard InChI is InChI=1S/C25H30N2O2/c1-7-13-27-23-12-11-19(14-21(23)17(2)15-25(27,4)5)16-26-22-10-8-9-20(18(22)3)24(28)29-6/h8-12,14-16H,7,13H2,1-6H3. The van der Waals surface area contributed by atoms with Crippen LogP contribution in [0.1, 0.15) is 61.2 Å². The van der Waals surface area contributed by atoms with Gasteiger partial charge in [-0.25, -0.2) is 4.79 Å². The highest BCUT2D eigenvalue weighted by atomic mass is 16.5. The normalized spacial score (nSPS) is 15.2. The van der Waals surface area contributed by atoms with Gasteiger partial charge in [0.15, 0.2) is 0 Å². The molecule has 0 radical (unpaired) electrons. The first-order valence-electron chi connectivity index (χ1n) is 10.1. The number of nitrogens with zero attached hydrogens (tertiary/aromatic N) is 2. The zero-order chi connectivity index (χ0) is 21.2. The maximum absolute atomic E-state index is 11.9. The highest BCUT2D eigenvalue weighted by Crippen LogP contribution is 2.39. The number of methoxy groups -OCH3 is 1. The Labute approximate surface area is 173 Å². The predicted octanol–water partition coefficient (Wildman–Crippen LogP) is 5.94. The number of hydrogen-bond donors (Lipinski definition) is 0. The van der Waals surface area contributed by atoms with E-state index in [1.807, 2.05) is 25.3 Å². The van der Waals surface area contributed by atoms with Crippen LogP contribution in [0.5, 0.6) is 0 Å². The van der Waals surface area contributed by atoms with E-state index in [1.165, 1.54) is 23.9 Å². The van der Waals surface area contributed by atoms with E-state index < -0.39 is 0 Å². The molecule has 0 saturated carbocycles. The number of hydrogen-bond acceptors (Lipinski definition) is 4. The Hall–Kier alpha value is -2.88. The van der Waals surface area contributed by atoms with Crippen molar-refractivity contribution < 1.29 is 9.53 Å². The second kappa shape index (κ2) is 8.24. The monoisotopic (exact) mass is 390 g/mol. The Morgan fingerprint density at radius 3 is 2.66 bits per heavy atom. The number of rotatable bonds is 5. The molecule has 0 fully saturated rings. The predicted molar refractivity (Wildman–Crippen MR) is 122 cm³/mol. The van der Waals surface area contributed by atoms with Crippen molar-refractivity contribution in [1.82, 2.24) is 0 Å². The number of fused-ring (bicyclic) bond motifs is 1. The van der Waals surface area contributed by atoms with Crippen molar-refractivity contribution in [3.63, 3.8) is 0 Å². The van der Waals surface area contributed by atoms with Crippen LogP contribution in [0.3, 0.4) is 0 Å². The molecule has 1 heterocycles. The largest absolute Gasteiger partial charge is 0.465 e. The lowest BCUT2D eigenvalue weighted by atomic mass is 9.88. The molecule has 0 bridgehead atoms. The van der Waals surface area contributed by atoms with Crippen LogP contribution >= 0.6 is 0 Å². The van der Waals surface area contributed by atoms with E-state index in [0.29, 0.717) is 5.56 Å². The van der Waals surface area contributed by atoms with E-state index in [0.717, 1.165) is 29.8 Å². The molecular weight excluding hydrogens is 360 g/mol. The summed E-state index contributed by atoms with van der Waals surface area (Å²) in [5.41, 5.74) is 7.00. The van der Waals surface area contributed by atoms with E-state index in [4.69, 9.17) is 4.74 Å². The van der Waals surface area contributed by atoms with Gasteiger partial charge in [-0.1, -0.05) is 25.1 Å². The number of carbonyl (C=O) groups excluding carboxylic acids is 1. The molecule has 0 unspecified atom stereocenters. The number of allylic oxidation sites excluding steroid dienone is 1. The van der Waals surface area contributed by atoms with Gasteiger partial charge in [-0.05, 0) is 75.1 Å². The van der Waals surface area contributed by atoms with Gasteiger partial charge in [0.05, 0.1) is 23.9 Å². The first kappa shape index (κ1) is 20.8. The van der Waals surface area contributed by atoms with Gasteiger partial charge in [-0.15, -0.1) is 0 Å². The lowest BCUT2D eigenvalue weighted by Crippen LogP contribution is -2.45. The number of anilines is 1. The van der Waals surface area contributed by atoms with Crippen molar-refractivity contribution in [1.29, 1.82) is 0 Å². The van der Waals surface area contributed by atoms with Gasteiger partial charge in [0.25, 0.3) is 0 Å². The van der Waals surface area contributed by atoms with Crippen molar-refractivity contribution in [3.05, 3.63) is 64.7 Å². The van der Waals surface area contributed by atoms with Crippen LogP contribution in [0.25, 0.3) is 5.57 Å². The molecule has 1 aliphatic heterocycles. The molecule has 29 heavy (non-hydrogen) atoms. The molecule has 0 aliphatic carbocycles. The molecule has 3 rings (SSSR count). The maximum atomic E-state index is 11.9. The second-order valence-electron chi connectivity index (χ2n) is 8.11. The molecule has 152 valence electrons. The minimum atomic E-state index is -0.340. The highest BCUT2D eigenvalue weighted by molar-refractivity contribution is 5.93. The van der Waals surface area contributed by atoms with Crippen LogP contribution in [-0.4, -0.2) is 31.4 Å². The second-order valence-corrected chi connectivity index (χ2v) is 8.11. The Morgan fingerprint density at radius 2 is 1.97 bits per heavy atom. The van der Waals surface area contributed by atoms with Crippen molar-refractivity contribution in [2.24, 2.45) is 4.99 Å². The lowest BCUT2D eigenvalue weighted by Gasteiger charge is -2.43.